The molecule has 0 aromatic heterocycles. The first-order chi connectivity index (χ1) is 15.3. The molecule has 0 atom stereocenters. The minimum Gasteiger partial charge on any atom is -0.352 e. The fourth-order valence-electron chi connectivity index (χ4n) is 3.78. The Morgan fingerprint density at radius 2 is 1.75 bits per heavy atom. The molecule has 1 aliphatic rings. The molecule has 0 radical (unpaired) electrons. The summed E-state index contributed by atoms with van der Waals surface area (Å²) in [5.41, 5.74) is 1.59. The Kier molecular flexibility index (Phi) is 8.82. The molecule has 0 bridgehead atoms. The molecule has 1 heterocycles. The zero-order valence-corrected chi connectivity index (χ0v) is 20.5. The van der Waals surface area contributed by atoms with Gasteiger partial charge in [0.15, 0.2) is 0 Å². The highest BCUT2D eigenvalue weighted by molar-refractivity contribution is 7.92. The topological polar surface area (TPSA) is 69.7 Å². The van der Waals surface area contributed by atoms with Gasteiger partial charge in [0.05, 0.1) is 28.5 Å². The molecule has 32 heavy (non-hydrogen) atoms. The van der Waals surface area contributed by atoms with Gasteiger partial charge in [0.2, 0.25) is 10.0 Å². The number of nitrogens with zero attached hydrogens (tertiary/aromatic N) is 2. The summed E-state index contributed by atoms with van der Waals surface area (Å²) in [5.74, 6) is -0.131. The van der Waals surface area contributed by atoms with Gasteiger partial charge in [0.1, 0.15) is 0 Å². The lowest BCUT2D eigenvalue weighted by Gasteiger charge is -2.26. The molecule has 2 aromatic carbocycles. The molecule has 2 aromatic rings. The van der Waals surface area contributed by atoms with Gasteiger partial charge in [0, 0.05) is 12.1 Å². The minimum absolute atomic E-state index is 0.0800. The number of hydrogen-bond acceptors (Lipinski definition) is 4. The number of nitrogens with one attached hydrogen (secondary N) is 1. The number of amides is 1. The van der Waals surface area contributed by atoms with Gasteiger partial charge in [-0.3, -0.25) is 9.10 Å². The first-order valence-corrected chi connectivity index (χ1v) is 13.4. The second-order valence-electron chi connectivity index (χ2n) is 8.05. The largest absolute Gasteiger partial charge is 0.352 e. The fraction of sp³-hybridized carbons (Fsp3) is 0.435. The van der Waals surface area contributed by atoms with E-state index in [-0.39, 0.29) is 22.5 Å². The number of halogens is 2. The van der Waals surface area contributed by atoms with Crippen molar-refractivity contribution >= 4 is 44.8 Å². The summed E-state index contributed by atoms with van der Waals surface area (Å²) in [6.07, 6.45) is 5.89. The quantitative estimate of drug-likeness (QED) is 0.515. The van der Waals surface area contributed by atoms with Crippen LogP contribution in [0.3, 0.4) is 0 Å². The molecule has 6 nitrogen and oxygen atoms in total. The Bertz CT molecular complexity index is 1020. The average Bonchev–Trinajstić information content (AvgIpc) is 2.77. The predicted octanol–water partition coefficient (Wildman–Crippen LogP) is 4.57. The van der Waals surface area contributed by atoms with E-state index in [0.717, 1.165) is 37.9 Å². The third kappa shape index (κ3) is 6.85. The van der Waals surface area contributed by atoms with Crippen LogP contribution in [0, 0.1) is 0 Å². The van der Waals surface area contributed by atoms with E-state index in [1.807, 2.05) is 0 Å². The lowest BCUT2D eigenvalue weighted by molar-refractivity contribution is 0.0951. The molecule has 1 saturated heterocycles. The normalized spacial score (nSPS) is 14.8. The van der Waals surface area contributed by atoms with Crippen molar-refractivity contribution < 1.29 is 13.2 Å². The average molecular weight is 498 g/mol. The summed E-state index contributed by atoms with van der Waals surface area (Å²) in [4.78, 5) is 14.9. The van der Waals surface area contributed by atoms with E-state index in [0.29, 0.717) is 17.8 Å². The maximum Gasteiger partial charge on any atom is 0.251 e. The van der Waals surface area contributed by atoms with Crippen molar-refractivity contribution in [3.8, 4) is 0 Å². The smallest absolute Gasteiger partial charge is 0.251 e. The molecular weight excluding hydrogens is 469 g/mol. The molecule has 1 aliphatic heterocycles. The number of likely N-dealkylation sites (tertiary alicyclic amines) is 1. The lowest BCUT2D eigenvalue weighted by atomic mass is 10.1. The van der Waals surface area contributed by atoms with E-state index in [1.54, 1.807) is 42.5 Å². The van der Waals surface area contributed by atoms with Gasteiger partial charge in [-0.25, -0.2) is 8.42 Å². The minimum atomic E-state index is -3.60. The van der Waals surface area contributed by atoms with Crippen molar-refractivity contribution in [3.05, 3.63) is 63.6 Å². The Morgan fingerprint density at radius 3 is 2.41 bits per heavy atom. The van der Waals surface area contributed by atoms with Crippen molar-refractivity contribution in [3.63, 3.8) is 0 Å². The van der Waals surface area contributed by atoms with Gasteiger partial charge in [-0.2, -0.15) is 0 Å². The number of carbonyl (C=O) groups is 1. The van der Waals surface area contributed by atoms with Gasteiger partial charge in [-0.05, 0) is 68.7 Å². The number of carbonyl (C=O) groups excluding carboxylic acids is 1. The van der Waals surface area contributed by atoms with Gasteiger partial charge in [0.25, 0.3) is 5.91 Å². The second kappa shape index (κ2) is 11.4. The second-order valence-corrected chi connectivity index (χ2v) is 10.7. The lowest BCUT2D eigenvalue weighted by Crippen LogP contribution is -2.33. The van der Waals surface area contributed by atoms with E-state index < -0.39 is 10.0 Å². The van der Waals surface area contributed by atoms with Crippen LogP contribution in [0.25, 0.3) is 0 Å². The molecule has 0 aliphatic carbocycles. The van der Waals surface area contributed by atoms with Crippen LogP contribution < -0.4 is 9.62 Å². The highest BCUT2D eigenvalue weighted by atomic mass is 35.5. The van der Waals surface area contributed by atoms with Crippen LogP contribution in [0.5, 0.6) is 0 Å². The van der Waals surface area contributed by atoms with Gasteiger partial charge in [-0.15, -0.1) is 0 Å². The fourth-order valence-corrected chi connectivity index (χ4v) is 5.12. The number of sulfonamides is 1. The van der Waals surface area contributed by atoms with Crippen molar-refractivity contribution in [2.75, 3.05) is 36.7 Å². The third-order valence-electron chi connectivity index (χ3n) is 5.53. The number of benzene rings is 2. The molecule has 0 unspecified atom stereocenters. The Morgan fingerprint density at radius 1 is 1.06 bits per heavy atom. The van der Waals surface area contributed by atoms with Crippen molar-refractivity contribution in [2.45, 2.75) is 32.2 Å². The van der Waals surface area contributed by atoms with Crippen LogP contribution in [0.4, 0.5) is 5.69 Å². The van der Waals surface area contributed by atoms with E-state index in [2.05, 4.69) is 10.2 Å². The van der Waals surface area contributed by atoms with Gasteiger partial charge < -0.3 is 10.2 Å². The number of rotatable bonds is 9. The van der Waals surface area contributed by atoms with Crippen LogP contribution >= 0.6 is 23.2 Å². The van der Waals surface area contributed by atoms with Crippen molar-refractivity contribution in [1.29, 1.82) is 0 Å². The van der Waals surface area contributed by atoms with E-state index in [1.165, 1.54) is 23.6 Å². The summed E-state index contributed by atoms with van der Waals surface area (Å²) in [7, 11) is -3.60. The zero-order valence-electron chi connectivity index (χ0n) is 18.2. The number of piperidine rings is 1. The molecule has 1 N–H and O–H groups in total. The zero-order chi connectivity index (χ0) is 23.1. The Labute approximate surface area is 200 Å². The van der Waals surface area contributed by atoms with Gasteiger partial charge >= 0.3 is 0 Å². The van der Waals surface area contributed by atoms with Crippen molar-refractivity contribution in [1.82, 2.24) is 10.2 Å². The molecule has 9 heteroatoms. The summed E-state index contributed by atoms with van der Waals surface area (Å²) >= 11 is 12.3. The first kappa shape index (κ1) is 24.8. The summed E-state index contributed by atoms with van der Waals surface area (Å²) < 4.78 is 26.0. The summed E-state index contributed by atoms with van der Waals surface area (Å²) in [6, 6.07) is 11.8. The monoisotopic (exact) mass is 497 g/mol. The first-order valence-electron chi connectivity index (χ1n) is 10.8. The van der Waals surface area contributed by atoms with Crippen LogP contribution in [-0.2, 0) is 16.6 Å². The van der Waals surface area contributed by atoms with Gasteiger partial charge in [-0.1, -0.05) is 47.8 Å². The predicted molar refractivity (Wildman–Crippen MR) is 131 cm³/mol. The highest BCUT2D eigenvalue weighted by Gasteiger charge is 2.21. The molecule has 0 spiro atoms. The third-order valence-corrected chi connectivity index (χ3v) is 7.46. The molecule has 3 rings (SSSR count). The Balaban J connectivity index is 1.58. The summed E-state index contributed by atoms with van der Waals surface area (Å²) in [6.45, 7) is 4.02. The maximum atomic E-state index is 12.4. The van der Waals surface area contributed by atoms with E-state index in [9.17, 15) is 13.2 Å². The van der Waals surface area contributed by atoms with Crippen LogP contribution in [0.1, 0.15) is 41.6 Å². The van der Waals surface area contributed by atoms with E-state index in [4.69, 9.17) is 23.2 Å². The number of hydrogen-bond donors (Lipinski definition) is 1. The van der Waals surface area contributed by atoms with Crippen molar-refractivity contribution in [2.24, 2.45) is 0 Å². The van der Waals surface area contributed by atoms with E-state index >= 15 is 0 Å². The number of anilines is 1. The van der Waals surface area contributed by atoms with Crippen LogP contribution in [-0.4, -0.2) is 51.7 Å². The highest BCUT2D eigenvalue weighted by Crippen LogP contribution is 2.34. The van der Waals surface area contributed by atoms with Crippen LogP contribution in [0.2, 0.25) is 10.0 Å². The van der Waals surface area contributed by atoms with Crippen LogP contribution in [0.15, 0.2) is 42.5 Å². The molecule has 0 saturated carbocycles. The molecule has 174 valence electrons. The molecular formula is C23H29Cl2N3O3S. The SMILES string of the molecule is CS(=O)(=O)N(Cc1ccc(C(=O)NCCCN2CCCCC2)cc1)c1cccc(Cl)c1Cl. The Hall–Kier alpha value is -1.80. The summed E-state index contributed by atoms with van der Waals surface area (Å²) in [5, 5.41) is 3.42. The standard InChI is InChI=1S/C23H29Cl2N3O3S/c1-32(30,31)28(21-8-5-7-20(24)22(21)25)17-18-9-11-19(12-10-18)23(29)26-13-6-16-27-14-3-2-4-15-27/h5,7-12H,2-4,6,13-17H2,1H3,(H,26,29). The molecule has 1 amide bonds. The maximum absolute atomic E-state index is 12.4. The molecule has 1 fully saturated rings.